The van der Waals surface area contributed by atoms with E-state index in [1.807, 2.05) is 21.1 Å². The Labute approximate surface area is 372 Å². The molecule has 2 unspecified atom stereocenters. The maximum absolute atomic E-state index is 12.8. The Morgan fingerprint density at radius 2 is 0.934 bits per heavy atom. The number of aliphatic carboxylic acids is 1. The fourth-order valence-corrected chi connectivity index (χ4v) is 5.94. The largest absolute Gasteiger partial charge is 0.545 e. The van der Waals surface area contributed by atoms with Crippen LogP contribution in [-0.2, 0) is 33.3 Å². The number of hydrogen-bond donors (Lipinski definition) is 0. The lowest BCUT2D eigenvalue weighted by molar-refractivity contribution is -0.870. The smallest absolute Gasteiger partial charge is 0.306 e. The number of carboxylic acids is 1. The third-order valence-electron chi connectivity index (χ3n) is 9.63. The van der Waals surface area contributed by atoms with Crippen LogP contribution in [0.25, 0.3) is 0 Å². The zero-order chi connectivity index (χ0) is 44.9. The Balaban J connectivity index is 4.47. The van der Waals surface area contributed by atoms with Gasteiger partial charge in [-0.2, -0.15) is 0 Å². The molecule has 0 heterocycles. The van der Waals surface area contributed by atoms with Crippen LogP contribution >= 0.6 is 0 Å². The van der Waals surface area contributed by atoms with Crippen LogP contribution in [0.5, 0.6) is 0 Å². The summed E-state index contributed by atoms with van der Waals surface area (Å²) in [4.78, 5) is 37.0. The van der Waals surface area contributed by atoms with Crippen molar-refractivity contribution in [2.24, 2.45) is 0 Å². The van der Waals surface area contributed by atoms with Gasteiger partial charge in [0.25, 0.3) is 0 Å². The SMILES string of the molecule is CC/C=C\C/C=C\C/C=C\C/C=C\C/C=C\C/C=C\CCCCCCC(=O)OC(COC(=O)CCCCCCC/C=C\CCCCCC)COC(OCC[N+](C)(C)C)C(=O)[O-]. The summed E-state index contributed by atoms with van der Waals surface area (Å²) >= 11 is 0. The zero-order valence-corrected chi connectivity index (χ0v) is 39.2. The Hall–Kier alpha value is -3.53. The van der Waals surface area contributed by atoms with E-state index >= 15 is 0 Å². The number of ether oxygens (including phenoxy) is 4. The standard InChI is InChI=1S/C52H87NO8/c1-6-8-10-12-14-16-18-20-21-22-23-24-25-26-27-28-29-31-33-35-37-39-41-43-50(55)61-48(47-60-52(51(56)57)58-45-44-53(3,4)5)46-59-49(54)42-40-38-36-34-32-30-19-17-15-13-11-9-7-2/h8,10,14,16-17,19-21,23-24,26-27,29,31,48,52H,6-7,9,11-13,15,18,22,25,28,30,32-47H2,1-5H3/b10-8-,16-14-,19-17-,21-20-,24-23-,27-26-,31-29-. The second kappa shape index (κ2) is 43.1. The highest BCUT2D eigenvalue weighted by atomic mass is 16.7. The second-order valence-corrected chi connectivity index (χ2v) is 16.7. The molecule has 0 radical (unpaired) electrons. The normalized spacial score (nSPS) is 13.7. The monoisotopic (exact) mass is 854 g/mol. The number of carbonyl (C=O) groups excluding carboxylic acids is 3. The summed E-state index contributed by atoms with van der Waals surface area (Å²) in [5.41, 5.74) is 0. The minimum absolute atomic E-state index is 0.136. The number of hydrogen-bond acceptors (Lipinski definition) is 8. The summed E-state index contributed by atoms with van der Waals surface area (Å²) in [7, 11) is 5.89. The van der Waals surface area contributed by atoms with Crippen LogP contribution in [-0.4, -0.2) is 82.3 Å². The van der Waals surface area contributed by atoms with E-state index in [-0.39, 0.29) is 38.6 Å². The molecule has 0 aromatic carbocycles. The minimum atomic E-state index is -1.63. The van der Waals surface area contributed by atoms with Gasteiger partial charge in [-0.05, 0) is 89.9 Å². The van der Waals surface area contributed by atoms with E-state index in [0.29, 0.717) is 17.4 Å². The van der Waals surface area contributed by atoms with E-state index in [2.05, 4.69) is 98.9 Å². The molecule has 2 atom stereocenters. The summed E-state index contributed by atoms with van der Waals surface area (Å²) < 4.78 is 22.5. The van der Waals surface area contributed by atoms with Gasteiger partial charge < -0.3 is 33.3 Å². The van der Waals surface area contributed by atoms with Crippen molar-refractivity contribution in [1.29, 1.82) is 0 Å². The highest BCUT2D eigenvalue weighted by molar-refractivity contribution is 5.70. The van der Waals surface area contributed by atoms with Crippen LogP contribution in [0.3, 0.4) is 0 Å². The molecule has 9 heteroatoms. The van der Waals surface area contributed by atoms with Crippen LogP contribution in [0.15, 0.2) is 85.1 Å². The molecule has 0 aromatic rings. The number of carboxylic acid groups (broad SMARTS) is 1. The van der Waals surface area contributed by atoms with Crippen molar-refractivity contribution in [1.82, 2.24) is 0 Å². The predicted molar refractivity (Wildman–Crippen MR) is 251 cm³/mol. The van der Waals surface area contributed by atoms with E-state index in [1.165, 1.54) is 32.1 Å². The van der Waals surface area contributed by atoms with Crippen LogP contribution in [0.4, 0.5) is 0 Å². The lowest BCUT2D eigenvalue weighted by Crippen LogP contribution is -2.44. The molecule has 61 heavy (non-hydrogen) atoms. The highest BCUT2D eigenvalue weighted by Crippen LogP contribution is 2.12. The molecule has 0 aliphatic carbocycles. The van der Waals surface area contributed by atoms with E-state index in [1.54, 1.807) is 0 Å². The molecule has 0 rings (SSSR count). The van der Waals surface area contributed by atoms with Crippen LogP contribution in [0.2, 0.25) is 0 Å². The van der Waals surface area contributed by atoms with E-state index in [4.69, 9.17) is 18.9 Å². The maximum atomic E-state index is 12.8. The molecule has 0 spiro atoms. The highest BCUT2D eigenvalue weighted by Gasteiger charge is 2.21. The van der Waals surface area contributed by atoms with Crippen LogP contribution in [0.1, 0.15) is 168 Å². The lowest BCUT2D eigenvalue weighted by Gasteiger charge is -2.26. The first kappa shape index (κ1) is 57.5. The Morgan fingerprint density at radius 3 is 1.41 bits per heavy atom. The summed E-state index contributed by atoms with van der Waals surface area (Å²) in [5, 5.41) is 11.7. The quantitative estimate of drug-likeness (QED) is 0.0196. The third kappa shape index (κ3) is 44.3. The topological polar surface area (TPSA) is 111 Å². The predicted octanol–water partition coefficient (Wildman–Crippen LogP) is 11.6. The number of nitrogens with zero attached hydrogens (tertiary/aromatic N) is 1. The molecule has 0 N–H and O–H groups in total. The fourth-order valence-electron chi connectivity index (χ4n) is 5.94. The molecule has 0 aromatic heterocycles. The maximum Gasteiger partial charge on any atom is 0.306 e. The molecule has 0 saturated heterocycles. The van der Waals surface area contributed by atoms with Crippen molar-refractivity contribution in [3.63, 3.8) is 0 Å². The second-order valence-electron chi connectivity index (χ2n) is 16.7. The van der Waals surface area contributed by atoms with Crippen molar-refractivity contribution in [2.75, 3.05) is 47.5 Å². The number of unbranched alkanes of at least 4 members (excludes halogenated alkanes) is 13. The van der Waals surface area contributed by atoms with Gasteiger partial charge in [0.2, 0.25) is 0 Å². The molecule has 0 aliphatic heterocycles. The van der Waals surface area contributed by atoms with Crippen molar-refractivity contribution in [3.8, 4) is 0 Å². The van der Waals surface area contributed by atoms with Crippen molar-refractivity contribution >= 4 is 17.9 Å². The third-order valence-corrected chi connectivity index (χ3v) is 9.63. The number of allylic oxidation sites excluding steroid dienone is 14. The number of quaternary nitrogens is 1. The van der Waals surface area contributed by atoms with Gasteiger partial charge >= 0.3 is 11.9 Å². The molecular formula is C52H87NO8. The first-order valence-corrected chi connectivity index (χ1v) is 23.7. The lowest BCUT2D eigenvalue weighted by atomic mass is 10.1. The molecule has 9 nitrogen and oxygen atoms in total. The van der Waals surface area contributed by atoms with E-state index in [0.717, 1.165) is 103 Å². The Morgan fingerprint density at radius 1 is 0.508 bits per heavy atom. The Bertz CT molecular complexity index is 1270. The molecule has 348 valence electrons. The van der Waals surface area contributed by atoms with Gasteiger partial charge in [-0.25, -0.2) is 0 Å². The molecule has 0 fully saturated rings. The van der Waals surface area contributed by atoms with Crippen LogP contribution in [0, 0.1) is 0 Å². The van der Waals surface area contributed by atoms with Gasteiger partial charge in [-0.15, -0.1) is 0 Å². The van der Waals surface area contributed by atoms with Gasteiger partial charge in [0.05, 0.1) is 40.3 Å². The first-order valence-electron chi connectivity index (χ1n) is 23.7. The van der Waals surface area contributed by atoms with Gasteiger partial charge in [0.15, 0.2) is 12.4 Å². The average molecular weight is 854 g/mol. The molecule has 0 bridgehead atoms. The zero-order valence-electron chi connectivity index (χ0n) is 39.2. The first-order chi connectivity index (χ1) is 29.6. The van der Waals surface area contributed by atoms with Gasteiger partial charge in [-0.1, -0.05) is 150 Å². The Kier molecular flexibility index (Phi) is 40.6. The molecule has 0 aliphatic rings. The van der Waals surface area contributed by atoms with Crippen LogP contribution < -0.4 is 5.11 Å². The van der Waals surface area contributed by atoms with Crippen molar-refractivity contribution in [2.45, 2.75) is 180 Å². The van der Waals surface area contributed by atoms with E-state index < -0.39 is 24.3 Å². The average Bonchev–Trinajstić information content (AvgIpc) is 3.22. The molecular weight excluding hydrogens is 767 g/mol. The van der Waals surface area contributed by atoms with Crippen molar-refractivity contribution in [3.05, 3.63) is 85.1 Å². The number of esters is 2. The fraction of sp³-hybridized carbons (Fsp3) is 0.673. The van der Waals surface area contributed by atoms with Crippen molar-refractivity contribution < 1.29 is 42.9 Å². The number of rotatable bonds is 42. The summed E-state index contributed by atoms with van der Waals surface area (Å²) in [6, 6.07) is 0. The number of likely N-dealkylation sites (N-methyl/N-ethyl adjacent to an activating group) is 1. The molecule has 0 saturated carbocycles. The molecule has 0 amide bonds. The van der Waals surface area contributed by atoms with E-state index in [9.17, 15) is 19.5 Å². The minimum Gasteiger partial charge on any atom is -0.545 e. The van der Waals surface area contributed by atoms with Gasteiger partial charge in [-0.3, -0.25) is 9.59 Å². The summed E-state index contributed by atoms with van der Waals surface area (Å²) in [5.74, 6) is -2.34. The van der Waals surface area contributed by atoms with Gasteiger partial charge in [0, 0.05) is 12.8 Å². The van der Waals surface area contributed by atoms with Gasteiger partial charge in [0.1, 0.15) is 13.2 Å². The summed E-state index contributed by atoms with van der Waals surface area (Å²) in [6.07, 6.45) is 51.8. The number of carbonyl (C=O) groups is 3. The summed E-state index contributed by atoms with van der Waals surface area (Å²) in [6.45, 7) is 4.55.